The number of fused-ring (bicyclic) bond motifs is 1. The molecule has 0 aliphatic heterocycles. The summed E-state index contributed by atoms with van der Waals surface area (Å²) in [6, 6.07) is 10.5. The first-order chi connectivity index (χ1) is 10.0. The zero-order valence-electron chi connectivity index (χ0n) is 13.1. The fourth-order valence-corrected chi connectivity index (χ4v) is 2.40. The van der Waals surface area contributed by atoms with Crippen LogP contribution in [0, 0.1) is 0 Å². The molecule has 2 aromatic rings. The summed E-state index contributed by atoms with van der Waals surface area (Å²) < 4.78 is 6.10. The highest BCUT2D eigenvalue weighted by Gasteiger charge is 2.21. The van der Waals surface area contributed by atoms with Crippen molar-refractivity contribution in [1.82, 2.24) is 10.3 Å². The van der Waals surface area contributed by atoms with Gasteiger partial charge < -0.3 is 10.1 Å². The highest BCUT2D eigenvalue weighted by molar-refractivity contribution is 5.87. The smallest absolute Gasteiger partial charge is 0.221 e. The molecule has 1 aliphatic carbocycles. The van der Waals surface area contributed by atoms with Gasteiger partial charge in [-0.15, -0.1) is 0 Å². The Morgan fingerprint density at radius 2 is 2.00 bits per heavy atom. The van der Waals surface area contributed by atoms with Gasteiger partial charge in [0.15, 0.2) is 0 Å². The number of aromatic nitrogens is 1. The van der Waals surface area contributed by atoms with Crippen molar-refractivity contribution in [3.05, 3.63) is 36.0 Å². The quantitative estimate of drug-likeness (QED) is 0.919. The number of benzene rings is 1. The Hall–Kier alpha value is -1.61. The van der Waals surface area contributed by atoms with Gasteiger partial charge in [0.05, 0.1) is 5.69 Å². The summed E-state index contributed by atoms with van der Waals surface area (Å²) in [5, 5.41) is 5.81. The second-order valence-electron chi connectivity index (χ2n) is 6.91. The molecule has 1 aromatic carbocycles. The molecule has 3 heteroatoms. The summed E-state index contributed by atoms with van der Waals surface area (Å²) in [7, 11) is 0. The molecule has 0 amide bonds. The average Bonchev–Trinajstić information content (AvgIpc) is 2.39. The topological polar surface area (TPSA) is 34.1 Å². The summed E-state index contributed by atoms with van der Waals surface area (Å²) >= 11 is 0. The number of rotatable bonds is 4. The third kappa shape index (κ3) is 3.53. The van der Waals surface area contributed by atoms with E-state index in [9.17, 15) is 0 Å². The minimum Gasteiger partial charge on any atom is -0.474 e. The summed E-state index contributed by atoms with van der Waals surface area (Å²) in [6.07, 6.45) is 3.93. The van der Waals surface area contributed by atoms with Gasteiger partial charge in [0.25, 0.3) is 0 Å². The van der Waals surface area contributed by atoms with Crippen molar-refractivity contribution >= 4 is 10.8 Å². The molecule has 1 aromatic heterocycles. The molecule has 1 aliphatic rings. The van der Waals surface area contributed by atoms with Crippen LogP contribution in [0.4, 0.5) is 0 Å². The lowest BCUT2D eigenvalue weighted by molar-refractivity contribution is 0.116. The average molecular weight is 284 g/mol. The lowest BCUT2D eigenvalue weighted by Crippen LogP contribution is -2.35. The number of ether oxygens (including phenoxy) is 1. The highest BCUT2D eigenvalue weighted by Crippen LogP contribution is 2.30. The zero-order chi connectivity index (χ0) is 14.9. The first-order valence-corrected chi connectivity index (χ1v) is 7.82. The van der Waals surface area contributed by atoms with Gasteiger partial charge >= 0.3 is 0 Å². The van der Waals surface area contributed by atoms with Crippen LogP contribution in [0.15, 0.2) is 30.3 Å². The second-order valence-corrected chi connectivity index (χ2v) is 6.91. The molecular formula is C18H24N2O. The van der Waals surface area contributed by atoms with Gasteiger partial charge in [-0.3, -0.25) is 0 Å². The molecule has 1 N–H and O–H groups in total. The predicted molar refractivity (Wildman–Crippen MR) is 86.6 cm³/mol. The van der Waals surface area contributed by atoms with E-state index in [4.69, 9.17) is 9.72 Å². The molecule has 112 valence electrons. The second kappa shape index (κ2) is 5.64. The van der Waals surface area contributed by atoms with Crippen molar-refractivity contribution in [2.24, 2.45) is 0 Å². The minimum absolute atomic E-state index is 0.0856. The standard InChI is InChI=1S/C18H24N2O/c1-18(2,3)19-12-14-11-13-7-4-5-10-16(13)17(20-14)21-15-8-6-9-15/h4-5,7,10-11,15,19H,6,8-9,12H2,1-3H3. The van der Waals surface area contributed by atoms with Gasteiger partial charge in [0.1, 0.15) is 6.10 Å². The molecule has 0 atom stereocenters. The molecule has 21 heavy (non-hydrogen) atoms. The lowest BCUT2D eigenvalue weighted by Gasteiger charge is -2.27. The molecular weight excluding hydrogens is 260 g/mol. The molecule has 0 radical (unpaired) electrons. The maximum atomic E-state index is 6.10. The zero-order valence-corrected chi connectivity index (χ0v) is 13.1. The first-order valence-electron chi connectivity index (χ1n) is 7.82. The summed E-state index contributed by atoms with van der Waals surface area (Å²) in [6.45, 7) is 7.26. The molecule has 0 spiro atoms. The Morgan fingerprint density at radius 1 is 1.24 bits per heavy atom. The fourth-order valence-electron chi connectivity index (χ4n) is 2.40. The van der Waals surface area contributed by atoms with Gasteiger partial charge in [-0.2, -0.15) is 0 Å². The number of pyridine rings is 1. The highest BCUT2D eigenvalue weighted by atomic mass is 16.5. The van der Waals surface area contributed by atoms with Crippen molar-refractivity contribution in [3.8, 4) is 5.88 Å². The largest absolute Gasteiger partial charge is 0.474 e. The molecule has 1 heterocycles. The number of hydrogen-bond acceptors (Lipinski definition) is 3. The van der Waals surface area contributed by atoms with Crippen LogP contribution in [0.3, 0.4) is 0 Å². The molecule has 3 nitrogen and oxygen atoms in total. The third-order valence-electron chi connectivity index (χ3n) is 3.89. The Kier molecular flexibility index (Phi) is 3.85. The van der Waals surface area contributed by atoms with Crippen LogP contribution in [-0.2, 0) is 6.54 Å². The molecule has 0 bridgehead atoms. The van der Waals surface area contributed by atoms with E-state index >= 15 is 0 Å². The molecule has 1 fully saturated rings. The van der Waals surface area contributed by atoms with E-state index in [-0.39, 0.29) is 5.54 Å². The molecule has 0 saturated heterocycles. The van der Waals surface area contributed by atoms with Crippen LogP contribution in [0.1, 0.15) is 45.7 Å². The molecule has 1 saturated carbocycles. The van der Waals surface area contributed by atoms with Crippen molar-refractivity contribution in [3.63, 3.8) is 0 Å². The number of nitrogens with one attached hydrogen (secondary N) is 1. The predicted octanol–water partition coefficient (Wildman–Crippen LogP) is 4.05. The summed E-state index contributed by atoms with van der Waals surface area (Å²) in [5.74, 6) is 0.795. The van der Waals surface area contributed by atoms with E-state index in [1.807, 2.05) is 6.07 Å². The van der Waals surface area contributed by atoms with Gasteiger partial charge in [0, 0.05) is 17.5 Å². The fraction of sp³-hybridized carbons (Fsp3) is 0.500. The van der Waals surface area contributed by atoms with Gasteiger partial charge in [-0.25, -0.2) is 4.98 Å². The Morgan fingerprint density at radius 3 is 2.67 bits per heavy atom. The Balaban J connectivity index is 1.90. The van der Waals surface area contributed by atoms with E-state index in [0.29, 0.717) is 6.10 Å². The Bertz CT molecular complexity index is 627. The van der Waals surface area contributed by atoms with Crippen molar-refractivity contribution in [2.75, 3.05) is 0 Å². The van der Waals surface area contributed by atoms with E-state index in [2.05, 4.69) is 50.4 Å². The van der Waals surface area contributed by atoms with Crippen LogP contribution in [-0.4, -0.2) is 16.6 Å². The maximum absolute atomic E-state index is 6.10. The van der Waals surface area contributed by atoms with Gasteiger partial charge in [-0.05, 0) is 57.6 Å². The van der Waals surface area contributed by atoms with Gasteiger partial charge in [0.2, 0.25) is 5.88 Å². The van der Waals surface area contributed by atoms with E-state index in [0.717, 1.165) is 36.3 Å². The van der Waals surface area contributed by atoms with E-state index in [1.165, 1.54) is 11.8 Å². The van der Waals surface area contributed by atoms with E-state index < -0.39 is 0 Å². The lowest BCUT2D eigenvalue weighted by atomic mass is 9.96. The SMILES string of the molecule is CC(C)(C)NCc1cc2ccccc2c(OC2CCC2)n1. The summed E-state index contributed by atoms with van der Waals surface area (Å²) in [5.41, 5.74) is 1.13. The Labute approximate surface area is 126 Å². The van der Waals surface area contributed by atoms with Crippen molar-refractivity contribution in [2.45, 2.75) is 58.2 Å². The number of nitrogens with zero attached hydrogens (tertiary/aromatic N) is 1. The monoisotopic (exact) mass is 284 g/mol. The van der Waals surface area contributed by atoms with Crippen LogP contribution in [0.25, 0.3) is 10.8 Å². The normalized spacial score (nSPS) is 16.0. The van der Waals surface area contributed by atoms with Crippen LogP contribution < -0.4 is 10.1 Å². The third-order valence-corrected chi connectivity index (χ3v) is 3.89. The van der Waals surface area contributed by atoms with Gasteiger partial charge in [-0.1, -0.05) is 18.2 Å². The molecule has 0 unspecified atom stereocenters. The van der Waals surface area contributed by atoms with Crippen LogP contribution >= 0.6 is 0 Å². The molecule has 3 rings (SSSR count). The first kappa shape index (κ1) is 14.3. The van der Waals surface area contributed by atoms with Crippen molar-refractivity contribution < 1.29 is 4.74 Å². The minimum atomic E-state index is 0.0856. The van der Waals surface area contributed by atoms with Crippen molar-refractivity contribution in [1.29, 1.82) is 0 Å². The summed E-state index contributed by atoms with van der Waals surface area (Å²) in [4.78, 5) is 4.74. The maximum Gasteiger partial charge on any atom is 0.221 e. The van der Waals surface area contributed by atoms with Crippen LogP contribution in [0.2, 0.25) is 0 Å². The number of hydrogen-bond donors (Lipinski definition) is 1. The van der Waals surface area contributed by atoms with E-state index in [1.54, 1.807) is 0 Å². The van der Waals surface area contributed by atoms with Crippen LogP contribution in [0.5, 0.6) is 5.88 Å².